The van der Waals surface area contributed by atoms with Crippen LogP contribution in [0, 0.1) is 10.1 Å². The summed E-state index contributed by atoms with van der Waals surface area (Å²) < 4.78 is 11.3. The Balaban J connectivity index is 1.48. The van der Waals surface area contributed by atoms with Crippen LogP contribution in [0.5, 0.6) is 0 Å². The summed E-state index contributed by atoms with van der Waals surface area (Å²) in [5.41, 5.74) is 1.41. The lowest BCUT2D eigenvalue weighted by Crippen LogP contribution is -1.90. The molecule has 0 radical (unpaired) electrons. The molecule has 2 aromatic carbocycles. The summed E-state index contributed by atoms with van der Waals surface area (Å²) in [6.45, 7) is 0. The van der Waals surface area contributed by atoms with Gasteiger partial charge in [-0.25, -0.2) is 0 Å². The number of nitrogens with zero attached hydrogens (tertiary/aromatic N) is 1. The number of benzene rings is 2. The average Bonchev–Trinajstić information content (AvgIpc) is 3.42. The van der Waals surface area contributed by atoms with E-state index in [-0.39, 0.29) is 17.2 Å². The molecular weight excluding hydrogens is 406 g/mol. The van der Waals surface area contributed by atoms with E-state index in [0.29, 0.717) is 33.4 Å². The highest BCUT2D eigenvalue weighted by Gasteiger charge is 2.12. The molecule has 0 spiro atoms. The highest BCUT2D eigenvalue weighted by molar-refractivity contribution is 6.33. The normalized spacial score (nSPS) is 11.1. The smallest absolute Gasteiger partial charge is 0.269 e. The third kappa shape index (κ3) is 4.09. The van der Waals surface area contributed by atoms with Crippen molar-refractivity contribution in [3.63, 3.8) is 0 Å². The molecule has 0 fully saturated rings. The Kier molecular flexibility index (Phi) is 5.32. The molecule has 0 aliphatic rings. The van der Waals surface area contributed by atoms with Crippen molar-refractivity contribution in [2.24, 2.45) is 0 Å². The summed E-state index contributed by atoms with van der Waals surface area (Å²) >= 11 is 6.16. The van der Waals surface area contributed by atoms with E-state index < -0.39 is 4.92 Å². The van der Waals surface area contributed by atoms with Crippen LogP contribution in [0.3, 0.4) is 0 Å². The van der Waals surface area contributed by atoms with Crippen molar-refractivity contribution < 1.29 is 18.6 Å². The average molecular weight is 420 g/mol. The third-order valence-corrected chi connectivity index (χ3v) is 4.71. The van der Waals surface area contributed by atoms with Gasteiger partial charge in [0.1, 0.15) is 17.3 Å². The van der Waals surface area contributed by atoms with Crippen LogP contribution in [0.4, 0.5) is 5.69 Å². The van der Waals surface area contributed by atoms with Crippen molar-refractivity contribution in [1.82, 2.24) is 0 Å². The summed E-state index contributed by atoms with van der Waals surface area (Å²) in [6.07, 6.45) is 2.89. The zero-order valence-corrected chi connectivity index (χ0v) is 16.2. The van der Waals surface area contributed by atoms with E-state index in [1.807, 2.05) is 18.2 Å². The van der Waals surface area contributed by atoms with Gasteiger partial charge in [0, 0.05) is 23.3 Å². The lowest BCUT2D eigenvalue weighted by molar-refractivity contribution is -0.384. The molecule has 6 nitrogen and oxygen atoms in total. The largest absolute Gasteiger partial charge is 0.457 e. The summed E-state index contributed by atoms with van der Waals surface area (Å²) in [4.78, 5) is 22.7. The Hall–Kier alpha value is -3.90. The van der Waals surface area contributed by atoms with Gasteiger partial charge in [-0.1, -0.05) is 23.7 Å². The fourth-order valence-corrected chi connectivity index (χ4v) is 3.09. The molecule has 4 rings (SSSR count). The van der Waals surface area contributed by atoms with E-state index in [0.717, 1.165) is 0 Å². The highest BCUT2D eigenvalue weighted by atomic mass is 35.5. The summed E-state index contributed by atoms with van der Waals surface area (Å²) in [5.74, 6) is 1.38. The Morgan fingerprint density at radius 1 is 0.900 bits per heavy atom. The molecule has 0 aliphatic carbocycles. The van der Waals surface area contributed by atoms with Gasteiger partial charge in [0.2, 0.25) is 5.78 Å². The second kappa shape index (κ2) is 8.23. The molecule has 0 atom stereocenters. The molecule has 0 N–H and O–H groups in total. The standard InChI is InChI=1S/C23H14ClNO5/c24-19-4-2-1-3-18(19)22-13-14-23(30-22)20(26)11-9-17-10-12-21(29-17)15-5-7-16(8-6-15)25(27)28/h1-14H. The SMILES string of the molecule is O=C(C=Cc1ccc(-c2ccc([N+](=O)[O-])cc2)o1)c1ccc(-c2ccccc2Cl)o1. The lowest BCUT2D eigenvalue weighted by atomic mass is 10.1. The molecule has 0 saturated carbocycles. The second-order valence-corrected chi connectivity index (χ2v) is 6.75. The van der Waals surface area contributed by atoms with E-state index in [4.69, 9.17) is 20.4 Å². The zero-order chi connectivity index (χ0) is 21.1. The topological polar surface area (TPSA) is 86.5 Å². The van der Waals surface area contributed by atoms with Gasteiger partial charge >= 0.3 is 0 Å². The van der Waals surface area contributed by atoms with Crippen LogP contribution in [0.15, 0.2) is 87.7 Å². The van der Waals surface area contributed by atoms with Crippen molar-refractivity contribution in [3.8, 4) is 22.6 Å². The minimum Gasteiger partial charge on any atom is -0.457 e. The van der Waals surface area contributed by atoms with Gasteiger partial charge in [0.15, 0.2) is 5.76 Å². The van der Waals surface area contributed by atoms with Crippen molar-refractivity contribution in [2.45, 2.75) is 0 Å². The Labute approximate surface area is 176 Å². The van der Waals surface area contributed by atoms with E-state index in [1.54, 1.807) is 42.5 Å². The molecule has 2 heterocycles. The Bertz CT molecular complexity index is 1250. The number of hydrogen-bond donors (Lipinski definition) is 0. The second-order valence-electron chi connectivity index (χ2n) is 6.35. The number of allylic oxidation sites excluding steroid dienone is 1. The van der Waals surface area contributed by atoms with Crippen molar-refractivity contribution >= 4 is 29.1 Å². The number of halogens is 1. The van der Waals surface area contributed by atoms with Gasteiger partial charge in [0.25, 0.3) is 5.69 Å². The number of rotatable bonds is 6. The molecule has 0 amide bonds. The number of nitro groups is 1. The molecule has 30 heavy (non-hydrogen) atoms. The fourth-order valence-electron chi connectivity index (χ4n) is 2.86. The number of carbonyl (C=O) groups excluding carboxylic acids is 1. The minimum absolute atomic E-state index is 0.00521. The number of hydrogen-bond acceptors (Lipinski definition) is 5. The van der Waals surface area contributed by atoms with Gasteiger partial charge in [-0.2, -0.15) is 0 Å². The first-order chi connectivity index (χ1) is 14.5. The number of ketones is 1. The number of furan rings is 2. The van der Waals surface area contributed by atoms with E-state index >= 15 is 0 Å². The molecule has 148 valence electrons. The molecule has 0 bridgehead atoms. The maximum atomic E-state index is 12.4. The van der Waals surface area contributed by atoms with Crippen LogP contribution in [0.2, 0.25) is 5.02 Å². The predicted octanol–water partition coefficient (Wildman–Crippen LogP) is 6.66. The van der Waals surface area contributed by atoms with Gasteiger partial charge in [-0.05, 0) is 60.7 Å². The molecular formula is C23H14ClNO5. The van der Waals surface area contributed by atoms with E-state index in [2.05, 4.69) is 0 Å². The number of nitro benzene ring substituents is 1. The van der Waals surface area contributed by atoms with E-state index in [9.17, 15) is 14.9 Å². The fraction of sp³-hybridized carbons (Fsp3) is 0. The molecule has 7 heteroatoms. The molecule has 0 saturated heterocycles. The van der Waals surface area contributed by atoms with Crippen LogP contribution in [-0.4, -0.2) is 10.7 Å². The van der Waals surface area contributed by atoms with Crippen LogP contribution < -0.4 is 0 Å². The van der Waals surface area contributed by atoms with Crippen LogP contribution >= 0.6 is 11.6 Å². The van der Waals surface area contributed by atoms with Gasteiger partial charge < -0.3 is 8.83 Å². The lowest BCUT2D eigenvalue weighted by Gasteiger charge is -1.99. The minimum atomic E-state index is -0.461. The maximum absolute atomic E-state index is 12.4. The first kappa shape index (κ1) is 19.4. The van der Waals surface area contributed by atoms with Gasteiger partial charge in [-0.3, -0.25) is 14.9 Å². The third-order valence-electron chi connectivity index (χ3n) is 4.38. The summed E-state index contributed by atoms with van der Waals surface area (Å²) in [5, 5.41) is 11.3. The first-order valence-electron chi connectivity index (χ1n) is 8.93. The molecule has 0 aliphatic heterocycles. The summed E-state index contributed by atoms with van der Waals surface area (Å²) in [6, 6.07) is 20.0. The van der Waals surface area contributed by atoms with Crippen LogP contribution in [0.25, 0.3) is 28.7 Å². The Morgan fingerprint density at radius 3 is 2.37 bits per heavy atom. The highest BCUT2D eigenvalue weighted by Crippen LogP contribution is 2.29. The number of carbonyl (C=O) groups is 1. The monoisotopic (exact) mass is 419 g/mol. The summed E-state index contributed by atoms with van der Waals surface area (Å²) in [7, 11) is 0. The van der Waals surface area contributed by atoms with E-state index in [1.165, 1.54) is 24.3 Å². The Morgan fingerprint density at radius 2 is 1.63 bits per heavy atom. The van der Waals surface area contributed by atoms with Crippen LogP contribution in [0.1, 0.15) is 16.3 Å². The maximum Gasteiger partial charge on any atom is 0.269 e. The quantitative estimate of drug-likeness (QED) is 0.151. The van der Waals surface area contributed by atoms with Gasteiger partial charge in [-0.15, -0.1) is 0 Å². The predicted molar refractivity (Wildman–Crippen MR) is 113 cm³/mol. The van der Waals surface area contributed by atoms with Crippen molar-refractivity contribution in [1.29, 1.82) is 0 Å². The molecule has 2 aromatic heterocycles. The van der Waals surface area contributed by atoms with Gasteiger partial charge in [0.05, 0.1) is 9.95 Å². The number of non-ortho nitro benzene ring substituents is 1. The van der Waals surface area contributed by atoms with Crippen LogP contribution in [-0.2, 0) is 0 Å². The van der Waals surface area contributed by atoms with Crippen molar-refractivity contribution in [3.05, 3.63) is 106 Å². The first-order valence-corrected chi connectivity index (χ1v) is 9.31. The zero-order valence-electron chi connectivity index (χ0n) is 15.4. The molecule has 0 unspecified atom stereocenters. The molecule has 4 aromatic rings. The van der Waals surface area contributed by atoms with Crippen molar-refractivity contribution in [2.75, 3.05) is 0 Å².